The number of sulfonamides is 1. The van der Waals surface area contributed by atoms with E-state index in [1.807, 2.05) is 0 Å². The molecule has 7 nitrogen and oxygen atoms in total. The minimum absolute atomic E-state index is 0.216. The highest BCUT2D eigenvalue weighted by molar-refractivity contribution is 7.89. The van der Waals surface area contributed by atoms with Crippen LogP contribution in [0.15, 0.2) is 47.6 Å². The van der Waals surface area contributed by atoms with Gasteiger partial charge in [0.2, 0.25) is 10.0 Å². The van der Waals surface area contributed by atoms with Crippen molar-refractivity contribution in [3.8, 4) is 11.8 Å². The zero-order valence-electron chi connectivity index (χ0n) is 12.6. The van der Waals surface area contributed by atoms with Crippen molar-refractivity contribution in [2.24, 2.45) is 0 Å². The van der Waals surface area contributed by atoms with Gasteiger partial charge in [0, 0.05) is 25.0 Å². The minimum Gasteiger partial charge on any atom is -0.497 e. The van der Waals surface area contributed by atoms with Gasteiger partial charge in [-0.3, -0.25) is 0 Å². The lowest BCUT2D eigenvalue weighted by molar-refractivity contribution is 0.197. The summed E-state index contributed by atoms with van der Waals surface area (Å²) in [6, 6.07) is 8.41. The summed E-state index contributed by atoms with van der Waals surface area (Å²) < 4.78 is 37.5. The molecular weight excluding hydrogens is 318 g/mol. The zero-order valence-corrected chi connectivity index (χ0v) is 13.4. The Bertz CT molecular complexity index is 767. The van der Waals surface area contributed by atoms with Gasteiger partial charge in [-0.15, -0.1) is 0 Å². The molecule has 1 fully saturated rings. The van der Waals surface area contributed by atoms with Gasteiger partial charge in [-0.1, -0.05) is 6.07 Å². The summed E-state index contributed by atoms with van der Waals surface area (Å²) >= 11 is 0. The van der Waals surface area contributed by atoms with Gasteiger partial charge in [-0.05, 0) is 24.6 Å². The van der Waals surface area contributed by atoms with Crippen LogP contribution in [0.1, 0.15) is 6.42 Å². The molecule has 0 spiro atoms. The predicted octanol–water partition coefficient (Wildman–Crippen LogP) is 1.33. The van der Waals surface area contributed by atoms with Gasteiger partial charge in [0.05, 0.1) is 18.6 Å². The molecule has 2 heterocycles. The van der Waals surface area contributed by atoms with Crippen LogP contribution in [-0.4, -0.2) is 49.0 Å². The monoisotopic (exact) mass is 335 g/mol. The van der Waals surface area contributed by atoms with Crippen LogP contribution in [0.3, 0.4) is 0 Å². The molecule has 1 aliphatic heterocycles. The van der Waals surface area contributed by atoms with E-state index in [4.69, 9.17) is 9.47 Å². The summed E-state index contributed by atoms with van der Waals surface area (Å²) in [5.74, 6) is 0.510. The SMILES string of the molecule is COc1cccc(S(=O)(=O)N2CC[C@@H](Oc3ncccn3)C2)c1. The van der Waals surface area contributed by atoms with Gasteiger partial charge in [0.15, 0.2) is 0 Å². The molecule has 0 bridgehead atoms. The Balaban J connectivity index is 1.72. The maximum absolute atomic E-state index is 12.7. The van der Waals surface area contributed by atoms with E-state index >= 15 is 0 Å². The van der Waals surface area contributed by atoms with Crippen molar-refractivity contribution in [1.82, 2.24) is 14.3 Å². The molecule has 1 aliphatic rings. The lowest BCUT2D eigenvalue weighted by atomic mass is 10.3. The van der Waals surface area contributed by atoms with Crippen LogP contribution in [0.5, 0.6) is 11.8 Å². The Morgan fingerprint density at radius 3 is 2.74 bits per heavy atom. The fourth-order valence-electron chi connectivity index (χ4n) is 2.42. The highest BCUT2D eigenvalue weighted by Crippen LogP contribution is 2.25. The van der Waals surface area contributed by atoms with Crippen molar-refractivity contribution in [2.45, 2.75) is 17.4 Å². The summed E-state index contributed by atoms with van der Waals surface area (Å²) in [6.07, 6.45) is 3.52. The third kappa shape index (κ3) is 3.43. The molecule has 3 rings (SSSR count). The predicted molar refractivity (Wildman–Crippen MR) is 82.8 cm³/mol. The number of benzene rings is 1. The summed E-state index contributed by atoms with van der Waals surface area (Å²) in [5.41, 5.74) is 0. The van der Waals surface area contributed by atoms with Crippen molar-refractivity contribution < 1.29 is 17.9 Å². The topological polar surface area (TPSA) is 81.6 Å². The maximum Gasteiger partial charge on any atom is 0.316 e. The number of nitrogens with zero attached hydrogens (tertiary/aromatic N) is 3. The first-order valence-electron chi connectivity index (χ1n) is 7.17. The number of rotatable bonds is 5. The summed E-state index contributed by atoms with van der Waals surface area (Å²) in [5, 5.41) is 0. The van der Waals surface area contributed by atoms with E-state index in [9.17, 15) is 8.42 Å². The largest absolute Gasteiger partial charge is 0.497 e. The van der Waals surface area contributed by atoms with Gasteiger partial charge in [-0.25, -0.2) is 18.4 Å². The van der Waals surface area contributed by atoms with E-state index in [0.29, 0.717) is 18.7 Å². The quantitative estimate of drug-likeness (QED) is 0.820. The zero-order chi connectivity index (χ0) is 16.3. The number of hydrogen-bond donors (Lipinski definition) is 0. The van der Waals surface area contributed by atoms with Crippen LogP contribution in [0.25, 0.3) is 0 Å². The van der Waals surface area contributed by atoms with Crippen molar-refractivity contribution in [3.05, 3.63) is 42.7 Å². The lowest BCUT2D eigenvalue weighted by Gasteiger charge is -2.17. The first-order chi connectivity index (χ1) is 11.1. The molecule has 8 heteroatoms. The van der Waals surface area contributed by atoms with Gasteiger partial charge in [0.1, 0.15) is 11.9 Å². The average Bonchev–Trinajstić information content (AvgIpc) is 3.05. The molecule has 1 atom stereocenters. The van der Waals surface area contributed by atoms with E-state index in [2.05, 4.69) is 9.97 Å². The van der Waals surface area contributed by atoms with Crippen LogP contribution in [-0.2, 0) is 10.0 Å². The molecule has 0 amide bonds. The second-order valence-corrected chi connectivity index (χ2v) is 7.04. The second-order valence-electron chi connectivity index (χ2n) is 5.10. The molecule has 122 valence electrons. The molecule has 1 saturated heterocycles. The molecule has 2 aromatic rings. The summed E-state index contributed by atoms with van der Waals surface area (Å²) in [7, 11) is -2.06. The van der Waals surface area contributed by atoms with Crippen molar-refractivity contribution in [3.63, 3.8) is 0 Å². The van der Waals surface area contributed by atoms with E-state index < -0.39 is 10.0 Å². The molecule has 0 unspecified atom stereocenters. The molecular formula is C15H17N3O4S. The standard InChI is InChI=1S/C15H17N3O4S/c1-21-12-4-2-5-14(10-12)23(19,20)18-9-6-13(11-18)22-15-16-7-3-8-17-15/h2-5,7-8,10,13H,6,9,11H2,1H3/t13-/m1/s1. The van der Waals surface area contributed by atoms with Crippen molar-refractivity contribution in [2.75, 3.05) is 20.2 Å². The average molecular weight is 335 g/mol. The molecule has 1 aromatic carbocycles. The van der Waals surface area contributed by atoms with Crippen LogP contribution >= 0.6 is 0 Å². The molecule has 0 radical (unpaired) electrons. The van der Waals surface area contributed by atoms with E-state index in [0.717, 1.165) is 0 Å². The van der Waals surface area contributed by atoms with Crippen LogP contribution < -0.4 is 9.47 Å². The molecule has 1 aromatic heterocycles. The second kappa shape index (κ2) is 6.51. The molecule has 0 aliphatic carbocycles. The molecule has 23 heavy (non-hydrogen) atoms. The van der Waals surface area contributed by atoms with Crippen LogP contribution in [0, 0.1) is 0 Å². The van der Waals surface area contributed by atoms with Crippen molar-refractivity contribution in [1.29, 1.82) is 0 Å². The Hall–Kier alpha value is -2.19. The third-order valence-corrected chi connectivity index (χ3v) is 5.46. The fourth-order valence-corrected chi connectivity index (χ4v) is 3.94. The Kier molecular flexibility index (Phi) is 4.44. The number of methoxy groups -OCH3 is 1. The van der Waals surface area contributed by atoms with Gasteiger partial charge in [0.25, 0.3) is 0 Å². The van der Waals surface area contributed by atoms with Crippen LogP contribution in [0.4, 0.5) is 0 Å². The number of hydrogen-bond acceptors (Lipinski definition) is 6. The van der Waals surface area contributed by atoms with Crippen LogP contribution in [0.2, 0.25) is 0 Å². The lowest BCUT2D eigenvalue weighted by Crippen LogP contribution is -2.31. The maximum atomic E-state index is 12.7. The summed E-state index contributed by atoms with van der Waals surface area (Å²) in [6.45, 7) is 0.675. The van der Waals surface area contributed by atoms with E-state index in [-0.39, 0.29) is 23.6 Å². The highest BCUT2D eigenvalue weighted by Gasteiger charge is 2.34. The van der Waals surface area contributed by atoms with E-state index in [1.54, 1.807) is 36.7 Å². The molecule has 0 N–H and O–H groups in total. The van der Waals surface area contributed by atoms with Crippen molar-refractivity contribution >= 4 is 10.0 Å². The first-order valence-corrected chi connectivity index (χ1v) is 8.61. The number of aromatic nitrogens is 2. The third-order valence-electron chi connectivity index (χ3n) is 3.60. The fraction of sp³-hybridized carbons (Fsp3) is 0.333. The minimum atomic E-state index is -3.56. The highest BCUT2D eigenvalue weighted by atomic mass is 32.2. The summed E-state index contributed by atoms with van der Waals surface area (Å²) in [4.78, 5) is 8.20. The Morgan fingerprint density at radius 1 is 1.22 bits per heavy atom. The van der Waals surface area contributed by atoms with Gasteiger partial charge >= 0.3 is 6.01 Å². The smallest absolute Gasteiger partial charge is 0.316 e. The van der Waals surface area contributed by atoms with E-state index in [1.165, 1.54) is 17.5 Å². The Labute approximate surface area is 134 Å². The first kappa shape index (κ1) is 15.7. The normalized spacial score (nSPS) is 18.7. The molecule has 0 saturated carbocycles. The number of ether oxygens (including phenoxy) is 2. The Morgan fingerprint density at radius 2 is 2.00 bits per heavy atom. The van der Waals surface area contributed by atoms with Gasteiger partial charge < -0.3 is 9.47 Å². The van der Waals surface area contributed by atoms with Gasteiger partial charge in [-0.2, -0.15) is 4.31 Å².